The summed E-state index contributed by atoms with van der Waals surface area (Å²) in [5.74, 6) is -1.48. The van der Waals surface area contributed by atoms with E-state index in [2.05, 4.69) is 0 Å². The molecular weight excluding hydrogens is 687 g/mol. The molecule has 2 aromatic carbocycles. The lowest BCUT2D eigenvalue weighted by atomic mass is 9.78. The van der Waals surface area contributed by atoms with Crippen molar-refractivity contribution in [2.24, 2.45) is 11.8 Å². The van der Waals surface area contributed by atoms with Crippen LogP contribution in [0.15, 0.2) is 36.4 Å². The van der Waals surface area contributed by atoms with Gasteiger partial charge in [-0.25, -0.2) is 4.79 Å². The number of fused-ring (bicyclic) bond motifs is 1. The first-order valence-corrected chi connectivity index (χ1v) is 16.1. The first-order valence-electron chi connectivity index (χ1n) is 16.1. The molecule has 276 valence electrons. The van der Waals surface area contributed by atoms with Crippen molar-refractivity contribution in [2.75, 3.05) is 18.6 Å². The Bertz CT molecular complexity index is 1520. The van der Waals surface area contributed by atoms with Gasteiger partial charge in [0.25, 0.3) is 0 Å². The predicted molar refractivity (Wildman–Crippen MR) is 162 cm³/mol. The first kappa shape index (κ1) is 38.8. The van der Waals surface area contributed by atoms with Crippen LogP contribution in [-0.2, 0) is 50.6 Å². The zero-order valence-electron chi connectivity index (χ0n) is 27.5. The molecule has 0 bridgehead atoms. The van der Waals surface area contributed by atoms with E-state index in [1.54, 1.807) is 13.8 Å². The number of anilines is 1. The highest BCUT2D eigenvalue weighted by molar-refractivity contribution is 5.97. The van der Waals surface area contributed by atoms with Gasteiger partial charge < -0.3 is 14.4 Å². The minimum absolute atomic E-state index is 0.00722. The van der Waals surface area contributed by atoms with Gasteiger partial charge in [-0.3, -0.25) is 14.5 Å². The van der Waals surface area contributed by atoms with Gasteiger partial charge in [0.2, 0.25) is 5.91 Å². The summed E-state index contributed by atoms with van der Waals surface area (Å²) in [5, 5.41) is 0. The average molecular weight is 725 g/mol. The number of alkyl halides is 9. The van der Waals surface area contributed by atoms with Crippen molar-refractivity contribution in [3.63, 3.8) is 0 Å². The van der Waals surface area contributed by atoms with Crippen molar-refractivity contribution in [1.82, 2.24) is 4.90 Å². The molecule has 1 aliphatic heterocycles. The lowest BCUT2D eigenvalue weighted by molar-refractivity contribution is -0.145. The molecule has 0 aromatic heterocycles. The minimum Gasteiger partial charge on any atom is -0.466 e. The second-order valence-corrected chi connectivity index (χ2v) is 12.5. The number of carbonyl (C=O) groups excluding carboxylic acids is 3. The van der Waals surface area contributed by atoms with Crippen LogP contribution in [0.25, 0.3) is 0 Å². The molecule has 16 heteroatoms. The number of rotatable bonds is 8. The van der Waals surface area contributed by atoms with Crippen molar-refractivity contribution in [3.05, 3.63) is 64.2 Å². The Hall–Kier alpha value is -3.98. The number of methoxy groups -OCH3 is 1. The van der Waals surface area contributed by atoms with E-state index in [1.165, 1.54) is 4.90 Å². The molecule has 1 saturated carbocycles. The SMILES string of the molecule is CCOC(=O)CC1CCC(C(=O)N2c3ccc(C(F)(F)F)cc3CC(N(Cc3cc(C(F)(F)F)cc(C(F)(F)F)c3)C(=O)OC)[C@H]2CC)CC1. The maximum Gasteiger partial charge on any atom is 0.416 e. The van der Waals surface area contributed by atoms with Gasteiger partial charge >= 0.3 is 30.6 Å². The second-order valence-electron chi connectivity index (χ2n) is 12.5. The van der Waals surface area contributed by atoms with Gasteiger partial charge in [-0.2, -0.15) is 39.5 Å². The highest BCUT2D eigenvalue weighted by atomic mass is 19.4. The molecule has 4 rings (SSSR count). The van der Waals surface area contributed by atoms with Crippen molar-refractivity contribution in [1.29, 1.82) is 0 Å². The van der Waals surface area contributed by atoms with E-state index >= 15 is 0 Å². The number of benzene rings is 2. The molecule has 1 heterocycles. The number of hydrogen-bond acceptors (Lipinski definition) is 5. The Morgan fingerprint density at radius 1 is 0.820 bits per heavy atom. The Morgan fingerprint density at radius 2 is 1.40 bits per heavy atom. The summed E-state index contributed by atoms with van der Waals surface area (Å²) in [6.07, 6.45) is -14.6. The van der Waals surface area contributed by atoms with Gasteiger partial charge in [0.15, 0.2) is 0 Å². The molecule has 7 nitrogen and oxygen atoms in total. The molecule has 2 aliphatic rings. The Morgan fingerprint density at radius 3 is 1.90 bits per heavy atom. The number of ether oxygens (including phenoxy) is 2. The summed E-state index contributed by atoms with van der Waals surface area (Å²) < 4.78 is 133. The van der Waals surface area contributed by atoms with Gasteiger partial charge in [-0.15, -0.1) is 0 Å². The molecule has 50 heavy (non-hydrogen) atoms. The van der Waals surface area contributed by atoms with E-state index in [9.17, 15) is 53.9 Å². The molecular formula is C34H37F9N2O5. The summed E-state index contributed by atoms with van der Waals surface area (Å²) in [6.45, 7) is 2.71. The van der Waals surface area contributed by atoms with Gasteiger partial charge in [0.1, 0.15) is 0 Å². The number of carbonyl (C=O) groups is 3. The van der Waals surface area contributed by atoms with Gasteiger partial charge in [0, 0.05) is 24.6 Å². The first-order chi connectivity index (χ1) is 23.3. The quantitative estimate of drug-likeness (QED) is 0.201. The van der Waals surface area contributed by atoms with Crippen LogP contribution in [0.2, 0.25) is 0 Å². The van der Waals surface area contributed by atoms with E-state index in [0.717, 1.165) is 30.2 Å². The number of halogens is 9. The van der Waals surface area contributed by atoms with Crippen molar-refractivity contribution in [2.45, 2.75) is 96.0 Å². The number of esters is 1. The largest absolute Gasteiger partial charge is 0.466 e. The Balaban J connectivity index is 1.77. The predicted octanol–water partition coefficient (Wildman–Crippen LogP) is 8.81. The van der Waals surface area contributed by atoms with Crippen LogP contribution in [0, 0.1) is 11.8 Å². The monoisotopic (exact) mass is 724 g/mol. The van der Waals surface area contributed by atoms with Crippen molar-refractivity contribution < 1.29 is 63.4 Å². The van der Waals surface area contributed by atoms with Gasteiger partial charge in [-0.05, 0) is 98.9 Å². The van der Waals surface area contributed by atoms with Crippen LogP contribution in [0.5, 0.6) is 0 Å². The average Bonchev–Trinajstić information content (AvgIpc) is 3.04. The molecule has 0 spiro atoms. The van der Waals surface area contributed by atoms with Crippen LogP contribution in [0.1, 0.15) is 80.2 Å². The second kappa shape index (κ2) is 15.1. The van der Waals surface area contributed by atoms with Gasteiger partial charge in [0.05, 0.1) is 42.5 Å². The summed E-state index contributed by atoms with van der Waals surface area (Å²) in [6, 6.07) is 1.51. The lowest BCUT2D eigenvalue weighted by Gasteiger charge is -2.47. The minimum atomic E-state index is -5.17. The lowest BCUT2D eigenvalue weighted by Crippen LogP contribution is -2.59. The van der Waals surface area contributed by atoms with Gasteiger partial charge in [-0.1, -0.05) is 6.92 Å². The summed E-state index contributed by atoms with van der Waals surface area (Å²) in [7, 11) is 0.944. The van der Waals surface area contributed by atoms with E-state index in [-0.39, 0.29) is 55.1 Å². The van der Waals surface area contributed by atoms with Crippen LogP contribution >= 0.6 is 0 Å². The number of hydrogen-bond donors (Lipinski definition) is 0. The number of nitrogens with zero attached hydrogens (tertiary/aromatic N) is 2. The molecule has 0 radical (unpaired) electrons. The van der Waals surface area contributed by atoms with Crippen LogP contribution in [0.4, 0.5) is 50.0 Å². The maximum atomic E-state index is 14.3. The van der Waals surface area contributed by atoms with E-state index in [0.29, 0.717) is 37.8 Å². The summed E-state index contributed by atoms with van der Waals surface area (Å²) in [4.78, 5) is 41.7. The van der Waals surface area contributed by atoms with E-state index < -0.39 is 77.3 Å². The van der Waals surface area contributed by atoms with Crippen LogP contribution in [-0.4, -0.2) is 48.7 Å². The summed E-state index contributed by atoms with van der Waals surface area (Å²) in [5.41, 5.74) is -4.67. The molecule has 1 fully saturated rings. The molecule has 2 amide bonds. The fourth-order valence-electron chi connectivity index (χ4n) is 6.93. The fourth-order valence-corrected chi connectivity index (χ4v) is 6.93. The fraction of sp³-hybridized carbons (Fsp3) is 0.559. The third-order valence-corrected chi connectivity index (χ3v) is 9.29. The third-order valence-electron chi connectivity index (χ3n) is 9.29. The topological polar surface area (TPSA) is 76.2 Å². The van der Waals surface area contributed by atoms with Crippen molar-refractivity contribution >= 4 is 23.7 Å². The molecule has 1 unspecified atom stereocenters. The molecule has 2 aromatic rings. The maximum absolute atomic E-state index is 14.3. The zero-order valence-corrected chi connectivity index (χ0v) is 27.5. The van der Waals surface area contributed by atoms with Crippen LogP contribution in [0.3, 0.4) is 0 Å². The standard InChI is InChI=1S/C34H37F9N2O5/c1-4-26-28(44(31(48)49-3)18-20-12-24(33(38,39)40)17-25(13-20)34(41,42)43)16-22-15-23(32(35,36)37)10-11-27(22)45(26)30(47)21-8-6-19(7-9-21)14-29(46)50-5-2/h10-13,15,17,19,21,26,28H,4-9,14,16,18H2,1-3H3/t19?,21?,26-,28?/m1/s1. The molecule has 1 aliphatic carbocycles. The van der Waals surface area contributed by atoms with E-state index in [1.807, 2.05) is 0 Å². The highest BCUT2D eigenvalue weighted by Crippen LogP contribution is 2.43. The highest BCUT2D eigenvalue weighted by Gasteiger charge is 2.45. The normalized spacial score (nSPS) is 21.3. The molecule has 2 atom stereocenters. The van der Waals surface area contributed by atoms with Crippen LogP contribution < -0.4 is 4.90 Å². The third kappa shape index (κ3) is 8.84. The van der Waals surface area contributed by atoms with E-state index in [4.69, 9.17) is 9.47 Å². The Labute approximate surface area is 282 Å². The molecule has 0 N–H and O–H groups in total. The zero-order chi connectivity index (χ0) is 37.2. The number of amides is 2. The summed E-state index contributed by atoms with van der Waals surface area (Å²) >= 11 is 0. The smallest absolute Gasteiger partial charge is 0.416 e. The van der Waals surface area contributed by atoms with Crippen molar-refractivity contribution in [3.8, 4) is 0 Å². The molecule has 0 saturated heterocycles. The Kier molecular flexibility index (Phi) is 11.7.